The number of nitrogens with zero attached hydrogens (tertiary/aromatic N) is 3. The van der Waals surface area contributed by atoms with Crippen molar-refractivity contribution in [3.8, 4) is 0 Å². The molecule has 0 aromatic carbocycles. The highest BCUT2D eigenvalue weighted by molar-refractivity contribution is 7.09. The molecule has 5 heteroatoms. The zero-order valence-electron chi connectivity index (χ0n) is 9.34. The van der Waals surface area contributed by atoms with Gasteiger partial charge in [0.25, 0.3) is 0 Å². The summed E-state index contributed by atoms with van der Waals surface area (Å²) in [5.74, 6) is 0. The number of hydrogen-bond acceptors (Lipinski definition) is 5. The summed E-state index contributed by atoms with van der Waals surface area (Å²) in [4.78, 5) is 13.8. The standard InChI is InChI=1S/C11H14N4S/c1-8-3-15-10(4-13-8)5-14-9(2)11-6-12-7-16-11/h3-4,6-7,9,14H,5H2,1-2H3. The van der Waals surface area contributed by atoms with E-state index in [-0.39, 0.29) is 0 Å². The van der Waals surface area contributed by atoms with E-state index in [1.807, 2.05) is 24.8 Å². The summed E-state index contributed by atoms with van der Waals surface area (Å²) >= 11 is 1.66. The molecule has 0 aliphatic heterocycles. The summed E-state index contributed by atoms with van der Waals surface area (Å²) in [5, 5.41) is 3.39. The maximum Gasteiger partial charge on any atom is 0.0794 e. The zero-order valence-corrected chi connectivity index (χ0v) is 10.2. The Bertz CT molecular complexity index is 424. The molecule has 1 unspecified atom stereocenters. The van der Waals surface area contributed by atoms with Gasteiger partial charge in [-0.05, 0) is 13.8 Å². The lowest BCUT2D eigenvalue weighted by Gasteiger charge is -2.10. The van der Waals surface area contributed by atoms with Crippen LogP contribution in [-0.2, 0) is 6.54 Å². The third-order valence-corrected chi connectivity index (χ3v) is 3.26. The SMILES string of the molecule is Cc1cnc(CNC(C)c2cncs2)cn1. The van der Waals surface area contributed by atoms with Gasteiger partial charge in [-0.25, -0.2) is 0 Å². The van der Waals surface area contributed by atoms with E-state index in [2.05, 4.69) is 27.2 Å². The minimum atomic E-state index is 0.301. The average Bonchev–Trinajstić information content (AvgIpc) is 2.81. The van der Waals surface area contributed by atoms with Gasteiger partial charge in [0.15, 0.2) is 0 Å². The molecular weight excluding hydrogens is 220 g/mol. The van der Waals surface area contributed by atoms with Crippen molar-refractivity contribution in [1.29, 1.82) is 0 Å². The summed E-state index contributed by atoms with van der Waals surface area (Å²) in [6, 6.07) is 0.301. The predicted molar refractivity (Wildman–Crippen MR) is 64.1 cm³/mol. The molecule has 4 nitrogen and oxygen atoms in total. The van der Waals surface area contributed by atoms with E-state index < -0.39 is 0 Å². The van der Waals surface area contributed by atoms with Gasteiger partial charge in [-0.3, -0.25) is 15.0 Å². The molecule has 0 amide bonds. The van der Waals surface area contributed by atoms with Crippen molar-refractivity contribution in [3.63, 3.8) is 0 Å². The number of hydrogen-bond donors (Lipinski definition) is 1. The van der Waals surface area contributed by atoms with E-state index in [9.17, 15) is 0 Å². The highest BCUT2D eigenvalue weighted by Crippen LogP contribution is 2.16. The van der Waals surface area contributed by atoms with Crippen molar-refractivity contribution < 1.29 is 0 Å². The smallest absolute Gasteiger partial charge is 0.0794 e. The zero-order chi connectivity index (χ0) is 11.4. The number of thiazole rings is 1. The Balaban J connectivity index is 1.90. The molecule has 84 valence electrons. The van der Waals surface area contributed by atoms with Gasteiger partial charge in [0, 0.05) is 36.1 Å². The molecule has 2 heterocycles. The Morgan fingerprint density at radius 1 is 1.31 bits per heavy atom. The maximum absolute atomic E-state index is 4.29. The Morgan fingerprint density at radius 3 is 2.81 bits per heavy atom. The van der Waals surface area contributed by atoms with E-state index in [1.165, 1.54) is 4.88 Å². The molecule has 2 aromatic rings. The molecule has 1 N–H and O–H groups in total. The minimum absolute atomic E-state index is 0.301. The summed E-state index contributed by atoms with van der Waals surface area (Å²) in [6.45, 7) is 4.78. The van der Waals surface area contributed by atoms with Crippen molar-refractivity contribution >= 4 is 11.3 Å². The second kappa shape index (κ2) is 5.14. The van der Waals surface area contributed by atoms with Crippen LogP contribution in [0.5, 0.6) is 0 Å². The second-order valence-corrected chi connectivity index (χ2v) is 4.57. The summed E-state index contributed by atoms with van der Waals surface area (Å²) < 4.78 is 0. The van der Waals surface area contributed by atoms with Crippen molar-refractivity contribution in [2.75, 3.05) is 0 Å². The van der Waals surface area contributed by atoms with Crippen molar-refractivity contribution in [2.24, 2.45) is 0 Å². The van der Waals surface area contributed by atoms with Gasteiger partial charge in [-0.15, -0.1) is 11.3 Å². The Labute approximate surface area is 98.8 Å². The molecule has 0 saturated heterocycles. The van der Waals surface area contributed by atoms with E-state index in [4.69, 9.17) is 0 Å². The third kappa shape index (κ3) is 2.84. The number of nitrogens with one attached hydrogen (secondary N) is 1. The van der Waals surface area contributed by atoms with Crippen LogP contribution in [0.15, 0.2) is 24.1 Å². The summed E-state index contributed by atoms with van der Waals surface area (Å²) in [7, 11) is 0. The first kappa shape index (κ1) is 11.2. The Hall–Kier alpha value is -1.33. The summed E-state index contributed by atoms with van der Waals surface area (Å²) in [6.07, 6.45) is 5.49. The number of aromatic nitrogens is 3. The van der Waals surface area contributed by atoms with Gasteiger partial charge in [-0.2, -0.15) is 0 Å². The molecule has 0 aliphatic rings. The second-order valence-electron chi connectivity index (χ2n) is 3.66. The van der Waals surface area contributed by atoms with Crippen LogP contribution in [0.2, 0.25) is 0 Å². The first-order valence-electron chi connectivity index (χ1n) is 5.15. The lowest BCUT2D eigenvalue weighted by Crippen LogP contribution is -2.18. The molecule has 0 spiro atoms. The lowest BCUT2D eigenvalue weighted by molar-refractivity contribution is 0.573. The predicted octanol–water partition coefficient (Wildman–Crippen LogP) is 2.09. The monoisotopic (exact) mass is 234 g/mol. The molecule has 0 aliphatic carbocycles. The third-order valence-electron chi connectivity index (χ3n) is 2.30. The molecule has 1 atom stereocenters. The molecular formula is C11H14N4S. The van der Waals surface area contributed by atoms with Crippen LogP contribution in [-0.4, -0.2) is 15.0 Å². The fourth-order valence-electron chi connectivity index (χ4n) is 1.31. The van der Waals surface area contributed by atoms with E-state index in [0.717, 1.165) is 17.9 Å². The molecule has 0 saturated carbocycles. The van der Waals surface area contributed by atoms with Gasteiger partial charge >= 0.3 is 0 Å². The van der Waals surface area contributed by atoms with Gasteiger partial charge < -0.3 is 5.32 Å². The van der Waals surface area contributed by atoms with Gasteiger partial charge in [-0.1, -0.05) is 0 Å². The Kier molecular flexibility index (Phi) is 3.58. The maximum atomic E-state index is 4.29. The van der Waals surface area contributed by atoms with Crippen LogP contribution >= 0.6 is 11.3 Å². The summed E-state index contributed by atoms with van der Waals surface area (Å²) in [5.41, 5.74) is 3.75. The van der Waals surface area contributed by atoms with Crippen molar-refractivity contribution in [2.45, 2.75) is 26.4 Å². The molecule has 0 radical (unpaired) electrons. The first-order chi connectivity index (χ1) is 7.75. The van der Waals surface area contributed by atoms with Crippen LogP contribution in [0.25, 0.3) is 0 Å². The fraction of sp³-hybridized carbons (Fsp3) is 0.364. The van der Waals surface area contributed by atoms with Crippen LogP contribution in [0.1, 0.15) is 29.2 Å². The van der Waals surface area contributed by atoms with Crippen LogP contribution in [0.4, 0.5) is 0 Å². The quantitative estimate of drug-likeness (QED) is 0.880. The average molecular weight is 234 g/mol. The first-order valence-corrected chi connectivity index (χ1v) is 6.03. The van der Waals surface area contributed by atoms with Gasteiger partial charge in [0.1, 0.15) is 0 Å². The van der Waals surface area contributed by atoms with Crippen molar-refractivity contribution in [1.82, 2.24) is 20.3 Å². The van der Waals surface area contributed by atoms with Crippen molar-refractivity contribution in [3.05, 3.63) is 40.4 Å². The van der Waals surface area contributed by atoms with Gasteiger partial charge in [0.05, 0.1) is 16.9 Å². The molecule has 0 bridgehead atoms. The molecule has 2 rings (SSSR count). The van der Waals surface area contributed by atoms with Crippen LogP contribution < -0.4 is 5.32 Å². The van der Waals surface area contributed by atoms with E-state index in [1.54, 1.807) is 17.5 Å². The van der Waals surface area contributed by atoms with E-state index in [0.29, 0.717) is 6.04 Å². The van der Waals surface area contributed by atoms with Crippen LogP contribution in [0, 0.1) is 6.92 Å². The van der Waals surface area contributed by atoms with Crippen LogP contribution in [0.3, 0.4) is 0 Å². The number of aryl methyl sites for hydroxylation is 1. The normalized spacial score (nSPS) is 12.6. The molecule has 2 aromatic heterocycles. The highest BCUT2D eigenvalue weighted by Gasteiger charge is 2.06. The lowest BCUT2D eigenvalue weighted by atomic mass is 10.3. The minimum Gasteiger partial charge on any atom is -0.304 e. The number of rotatable bonds is 4. The van der Waals surface area contributed by atoms with E-state index >= 15 is 0 Å². The Morgan fingerprint density at radius 2 is 2.19 bits per heavy atom. The largest absolute Gasteiger partial charge is 0.304 e. The fourth-order valence-corrected chi connectivity index (χ4v) is 1.96. The highest BCUT2D eigenvalue weighted by atomic mass is 32.1. The molecule has 0 fully saturated rings. The topological polar surface area (TPSA) is 50.7 Å². The van der Waals surface area contributed by atoms with Gasteiger partial charge in [0.2, 0.25) is 0 Å². The molecule has 16 heavy (non-hydrogen) atoms.